The number of allylic oxidation sites excluding steroid dienone is 1. The van der Waals surface area contributed by atoms with Gasteiger partial charge in [-0.25, -0.2) is 4.21 Å². The fourth-order valence-electron chi connectivity index (χ4n) is 0.479. The van der Waals surface area contributed by atoms with E-state index in [1.807, 2.05) is 20.8 Å². The van der Waals surface area contributed by atoms with Crippen molar-refractivity contribution >= 4 is 22.9 Å². The first-order chi connectivity index (χ1) is 6.38. The molecule has 0 bridgehead atoms. The smallest absolute Gasteiger partial charge is 0.144 e. The molecule has 0 saturated carbocycles. The van der Waals surface area contributed by atoms with Crippen molar-refractivity contribution in [2.75, 3.05) is 7.05 Å². The highest BCUT2D eigenvalue weighted by atomic mass is 32.2. The van der Waals surface area contributed by atoms with Gasteiger partial charge in [-0.3, -0.25) is 5.41 Å². The van der Waals surface area contributed by atoms with Crippen LogP contribution in [0.3, 0.4) is 0 Å². The highest BCUT2D eigenvalue weighted by molar-refractivity contribution is 7.85. The fourth-order valence-corrected chi connectivity index (χ4v) is 1.00. The first-order valence-corrected chi connectivity index (χ1v) is 5.37. The molecule has 14 heavy (non-hydrogen) atoms. The van der Waals surface area contributed by atoms with Crippen LogP contribution in [0.15, 0.2) is 16.7 Å². The summed E-state index contributed by atoms with van der Waals surface area (Å²) >= 11 is 0. The van der Waals surface area contributed by atoms with Crippen LogP contribution in [0.25, 0.3) is 0 Å². The Morgan fingerprint density at radius 1 is 1.50 bits per heavy atom. The summed E-state index contributed by atoms with van der Waals surface area (Å²) in [5, 5.41) is 10.1. The molecule has 4 nitrogen and oxygen atoms in total. The topological polar surface area (TPSA) is 65.3 Å². The van der Waals surface area contributed by atoms with Crippen LogP contribution >= 0.6 is 0 Å². The molecule has 0 aliphatic rings. The summed E-state index contributed by atoms with van der Waals surface area (Å²) in [5.74, 6) is 0. The fraction of sp³-hybridized carbons (Fsp3) is 0.556. The monoisotopic (exact) mass is 215 g/mol. The lowest BCUT2D eigenvalue weighted by Crippen LogP contribution is -2.20. The van der Waals surface area contributed by atoms with Gasteiger partial charge < -0.3 is 5.32 Å². The van der Waals surface area contributed by atoms with Gasteiger partial charge in [-0.1, -0.05) is 0 Å². The number of hydrogen-bond acceptors (Lipinski definition) is 3. The molecule has 0 aromatic heterocycles. The molecule has 80 valence electrons. The summed E-state index contributed by atoms with van der Waals surface area (Å²) in [6, 6.07) is 0. The first kappa shape index (κ1) is 13.0. The van der Waals surface area contributed by atoms with Gasteiger partial charge in [0.05, 0.1) is 16.7 Å². The van der Waals surface area contributed by atoms with Gasteiger partial charge in [0.15, 0.2) is 0 Å². The van der Waals surface area contributed by atoms with Gasteiger partial charge in [0.25, 0.3) is 0 Å². The molecule has 0 fully saturated rings. The van der Waals surface area contributed by atoms with Crippen LogP contribution in [-0.2, 0) is 11.0 Å². The summed E-state index contributed by atoms with van der Waals surface area (Å²) in [6.07, 6.45) is 4.47. The van der Waals surface area contributed by atoms with E-state index in [0.717, 1.165) is 0 Å². The van der Waals surface area contributed by atoms with Crippen LogP contribution in [-0.4, -0.2) is 27.9 Å². The van der Waals surface area contributed by atoms with E-state index < -0.39 is 11.0 Å². The summed E-state index contributed by atoms with van der Waals surface area (Å²) in [6.45, 7) is 5.52. The average molecular weight is 215 g/mol. The molecule has 0 unspecified atom stereocenters. The second kappa shape index (κ2) is 5.70. The predicted molar refractivity (Wildman–Crippen MR) is 62.3 cm³/mol. The van der Waals surface area contributed by atoms with Gasteiger partial charge in [-0.15, -0.1) is 0 Å². The van der Waals surface area contributed by atoms with Crippen molar-refractivity contribution in [2.24, 2.45) is 4.40 Å². The normalized spacial score (nSPS) is 14.9. The Morgan fingerprint density at radius 3 is 2.50 bits per heavy atom. The number of hydrogen-bond donors (Lipinski definition) is 2. The summed E-state index contributed by atoms with van der Waals surface area (Å²) in [5.41, 5.74) is 0.219. The van der Waals surface area contributed by atoms with Crippen LogP contribution in [0.2, 0.25) is 0 Å². The molecule has 0 saturated heterocycles. The quantitative estimate of drug-likeness (QED) is 0.694. The zero-order valence-electron chi connectivity index (χ0n) is 9.00. The van der Waals surface area contributed by atoms with Crippen molar-refractivity contribution in [2.45, 2.75) is 25.5 Å². The maximum atomic E-state index is 11.4. The van der Waals surface area contributed by atoms with Crippen molar-refractivity contribution < 1.29 is 4.21 Å². The number of rotatable bonds is 4. The number of nitrogens with one attached hydrogen (secondary N) is 2. The number of nitrogens with zero attached hydrogens (tertiary/aromatic N) is 1. The van der Waals surface area contributed by atoms with E-state index in [-0.39, 0.29) is 10.5 Å². The largest absolute Gasteiger partial charge is 0.394 e. The highest BCUT2D eigenvalue weighted by Gasteiger charge is 2.17. The van der Waals surface area contributed by atoms with Crippen LogP contribution in [0, 0.1) is 5.41 Å². The van der Waals surface area contributed by atoms with E-state index in [2.05, 4.69) is 9.71 Å². The van der Waals surface area contributed by atoms with Crippen LogP contribution in [0.4, 0.5) is 0 Å². The lowest BCUT2D eigenvalue weighted by molar-refractivity contribution is 0.651. The summed E-state index contributed by atoms with van der Waals surface area (Å²) in [7, 11) is 0.455. The molecule has 1 atom stereocenters. The molecular formula is C9H17N3OS. The van der Waals surface area contributed by atoms with E-state index in [9.17, 15) is 4.21 Å². The molecule has 0 aromatic carbocycles. The molecule has 0 rings (SSSR count). The Kier molecular flexibility index (Phi) is 5.30. The Labute approximate surface area is 87.6 Å². The van der Waals surface area contributed by atoms with Gasteiger partial charge in [-0.05, 0) is 33.0 Å². The molecule has 0 aromatic rings. The highest BCUT2D eigenvalue weighted by Crippen LogP contribution is 2.11. The second-order valence-electron chi connectivity index (χ2n) is 3.67. The van der Waals surface area contributed by atoms with Crippen LogP contribution in [0.5, 0.6) is 0 Å². The molecule has 2 N–H and O–H groups in total. The molecule has 5 heteroatoms. The predicted octanol–water partition coefficient (Wildman–Crippen LogP) is 1.27. The first-order valence-electron chi connectivity index (χ1n) is 4.26. The van der Waals surface area contributed by atoms with Gasteiger partial charge in [0.1, 0.15) is 11.0 Å². The lowest BCUT2D eigenvalue weighted by atomic mass is 10.3. The second-order valence-corrected chi connectivity index (χ2v) is 5.61. The third-order valence-electron chi connectivity index (χ3n) is 1.24. The zero-order chi connectivity index (χ0) is 11.2. The Morgan fingerprint density at radius 2 is 2.07 bits per heavy atom. The van der Waals surface area contributed by atoms with Gasteiger partial charge in [0.2, 0.25) is 0 Å². The van der Waals surface area contributed by atoms with Crippen molar-refractivity contribution in [3.8, 4) is 0 Å². The third-order valence-corrected chi connectivity index (χ3v) is 2.59. The minimum atomic E-state index is -1.29. The van der Waals surface area contributed by atoms with E-state index in [4.69, 9.17) is 5.41 Å². The maximum absolute atomic E-state index is 11.4. The van der Waals surface area contributed by atoms with Crippen molar-refractivity contribution in [1.82, 2.24) is 5.32 Å². The molecule has 0 amide bonds. The SMILES string of the molecule is CN/C=C\C(=N)/C=N/[S@](=O)C(C)(C)C. The minimum Gasteiger partial charge on any atom is -0.394 e. The lowest BCUT2D eigenvalue weighted by Gasteiger charge is -2.12. The van der Waals surface area contributed by atoms with Gasteiger partial charge in [-0.2, -0.15) is 4.40 Å². The van der Waals surface area contributed by atoms with Crippen molar-refractivity contribution in [1.29, 1.82) is 5.41 Å². The summed E-state index contributed by atoms with van der Waals surface area (Å²) < 4.78 is 14.8. The van der Waals surface area contributed by atoms with Crippen molar-refractivity contribution in [3.05, 3.63) is 12.3 Å². The molecular weight excluding hydrogens is 198 g/mol. The van der Waals surface area contributed by atoms with Gasteiger partial charge in [0, 0.05) is 7.05 Å². The van der Waals surface area contributed by atoms with E-state index >= 15 is 0 Å². The van der Waals surface area contributed by atoms with E-state index in [0.29, 0.717) is 0 Å². The molecule has 0 aliphatic carbocycles. The zero-order valence-corrected chi connectivity index (χ0v) is 9.81. The van der Waals surface area contributed by atoms with Crippen molar-refractivity contribution in [3.63, 3.8) is 0 Å². The van der Waals surface area contributed by atoms with Crippen LogP contribution in [0.1, 0.15) is 20.8 Å². The van der Waals surface area contributed by atoms with Crippen LogP contribution < -0.4 is 5.32 Å². The Bertz CT molecular complexity index is 276. The third kappa shape index (κ3) is 5.64. The molecule has 0 radical (unpaired) electrons. The van der Waals surface area contributed by atoms with E-state index in [1.54, 1.807) is 19.3 Å². The van der Waals surface area contributed by atoms with E-state index in [1.165, 1.54) is 6.21 Å². The minimum absolute atomic E-state index is 0.219. The van der Waals surface area contributed by atoms with Gasteiger partial charge >= 0.3 is 0 Å². The Hall–Kier alpha value is -0.970. The molecule has 0 aliphatic heterocycles. The standard InChI is InChI=1S/C9H17N3OS/c1-9(2,3)14(13)12-7-8(10)5-6-11-4/h5-7,10-11H,1-4H3/b6-5-,10-8?,12-7+/t14-/m1/s1. The average Bonchev–Trinajstić information content (AvgIpc) is 2.09. The molecule has 0 spiro atoms. The summed E-state index contributed by atoms with van der Waals surface area (Å²) in [4.78, 5) is 0. The molecule has 0 heterocycles. The maximum Gasteiger partial charge on any atom is 0.144 e. The Balaban J connectivity index is 4.25.